The molecule has 3 heterocycles. The average molecular weight is 396 g/mol. The summed E-state index contributed by atoms with van der Waals surface area (Å²) < 4.78 is 10.5. The van der Waals surface area contributed by atoms with Gasteiger partial charge in [0.2, 0.25) is 0 Å². The maximum absolute atomic E-state index is 12.4. The second kappa shape index (κ2) is 7.69. The highest BCUT2D eigenvalue weighted by Crippen LogP contribution is 2.59. The third kappa shape index (κ3) is 3.87. The number of aliphatic imine (C=N–C) groups is 1. The van der Waals surface area contributed by atoms with Crippen LogP contribution in [0.4, 0.5) is 0 Å². The molecule has 0 radical (unpaired) electrons. The molecular weight excluding hydrogens is 372 g/mol. The van der Waals surface area contributed by atoms with E-state index < -0.39 is 0 Å². The molecular formula is C21H24N4O4. The number of piperidine rings is 1. The second-order valence-corrected chi connectivity index (χ2v) is 7.76. The van der Waals surface area contributed by atoms with Gasteiger partial charge in [-0.05, 0) is 56.4 Å². The summed E-state index contributed by atoms with van der Waals surface area (Å²) in [7, 11) is 0. The zero-order valence-electron chi connectivity index (χ0n) is 16.4. The Labute approximate surface area is 168 Å². The van der Waals surface area contributed by atoms with Crippen LogP contribution in [0.5, 0.6) is 0 Å². The lowest BCUT2D eigenvalue weighted by atomic mass is 9.90. The number of aromatic nitrogens is 1. The van der Waals surface area contributed by atoms with Gasteiger partial charge in [0.05, 0.1) is 0 Å². The monoisotopic (exact) mass is 396 g/mol. The van der Waals surface area contributed by atoms with Crippen molar-refractivity contribution in [2.24, 2.45) is 16.3 Å². The molecule has 1 saturated heterocycles. The van der Waals surface area contributed by atoms with Crippen LogP contribution in [-0.2, 0) is 0 Å². The van der Waals surface area contributed by atoms with Crippen molar-refractivity contribution in [2.45, 2.75) is 26.2 Å². The van der Waals surface area contributed by atoms with Crippen molar-refractivity contribution >= 4 is 24.6 Å². The van der Waals surface area contributed by atoms with E-state index in [1.54, 1.807) is 18.3 Å². The van der Waals surface area contributed by atoms with E-state index >= 15 is 0 Å². The molecule has 1 saturated carbocycles. The number of oxazole rings is 1. The molecule has 1 aliphatic carbocycles. The average Bonchev–Trinajstić information content (AvgIpc) is 3.08. The van der Waals surface area contributed by atoms with Crippen molar-refractivity contribution in [2.75, 3.05) is 19.6 Å². The van der Waals surface area contributed by atoms with Gasteiger partial charge in [-0.3, -0.25) is 14.6 Å². The molecule has 1 N–H and O–H groups in total. The Morgan fingerprint density at radius 3 is 2.93 bits per heavy atom. The third-order valence-corrected chi connectivity index (χ3v) is 6.11. The number of likely N-dealkylation sites (tertiary alicyclic amines) is 1. The van der Waals surface area contributed by atoms with Crippen LogP contribution in [0.15, 0.2) is 38.7 Å². The highest BCUT2D eigenvalue weighted by Gasteiger charge is 2.54. The number of nitrogens with zero attached hydrogens (tertiary/aromatic N) is 3. The van der Waals surface area contributed by atoms with Crippen LogP contribution in [0.3, 0.4) is 0 Å². The number of carbonyl (C=O) groups is 2. The van der Waals surface area contributed by atoms with Crippen LogP contribution >= 0.6 is 0 Å². The molecule has 1 atom stereocenters. The SMILES string of the molecule is C=N/C=C\c1cc(C(=O)NCC2CC23CCN(C(=O)c2cocn2)CC3)oc1C. The van der Waals surface area contributed by atoms with Gasteiger partial charge in [0.25, 0.3) is 11.8 Å². The first-order chi connectivity index (χ1) is 14.0. The van der Waals surface area contributed by atoms with Crippen molar-refractivity contribution in [1.82, 2.24) is 15.2 Å². The maximum atomic E-state index is 12.4. The highest BCUT2D eigenvalue weighted by molar-refractivity contribution is 5.92. The van der Waals surface area contributed by atoms with Crippen LogP contribution in [0.1, 0.15) is 51.6 Å². The number of hydrogen-bond acceptors (Lipinski definition) is 6. The zero-order valence-corrected chi connectivity index (χ0v) is 16.4. The lowest BCUT2D eigenvalue weighted by Gasteiger charge is -2.32. The maximum Gasteiger partial charge on any atom is 0.287 e. The van der Waals surface area contributed by atoms with Crippen molar-refractivity contribution in [3.05, 3.63) is 47.7 Å². The Morgan fingerprint density at radius 1 is 1.45 bits per heavy atom. The molecule has 2 fully saturated rings. The molecule has 0 aromatic carbocycles. The normalized spacial score (nSPS) is 20.2. The van der Waals surface area contributed by atoms with E-state index in [0.717, 1.165) is 24.8 Å². The number of furan rings is 1. The molecule has 1 aliphatic heterocycles. The smallest absolute Gasteiger partial charge is 0.287 e. The Hall–Kier alpha value is -3.16. The largest absolute Gasteiger partial charge is 0.456 e. The van der Waals surface area contributed by atoms with E-state index in [1.807, 2.05) is 11.8 Å². The van der Waals surface area contributed by atoms with E-state index in [9.17, 15) is 9.59 Å². The highest BCUT2D eigenvalue weighted by atomic mass is 16.4. The summed E-state index contributed by atoms with van der Waals surface area (Å²) in [5, 5.41) is 2.99. The fraction of sp³-hybridized carbons (Fsp3) is 0.429. The van der Waals surface area contributed by atoms with Gasteiger partial charge in [0.15, 0.2) is 17.8 Å². The predicted molar refractivity (Wildman–Crippen MR) is 107 cm³/mol. The summed E-state index contributed by atoms with van der Waals surface area (Å²) in [5.74, 6) is 1.12. The van der Waals surface area contributed by atoms with Crippen LogP contribution < -0.4 is 5.32 Å². The van der Waals surface area contributed by atoms with E-state index in [-0.39, 0.29) is 17.2 Å². The van der Waals surface area contributed by atoms with Gasteiger partial charge in [-0.1, -0.05) is 0 Å². The van der Waals surface area contributed by atoms with E-state index in [4.69, 9.17) is 8.83 Å². The fourth-order valence-electron chi connectivity index (χ4n) is 4.18. The van der Waals surface area contributed by atoms with Crippen molar-refractivity contribution in [3.8, 4) is 0 Å². The first kappa shape index (κ1) is 19.2. The van der Waals surface area contributed by atoms with Gasteiger partial charge in [-0.15, -0.1) is 0 Å². The molecule has 2 amide bonds. The third-order valence-electron chi connectivity index (χ3n) is 6.11. The van der Waals surface area contributed by atoms with Gasteiger partial charge >= 0.3 is 0 Å². The molecule has 2 aromatic heterocycles. The second-order valence-electron chi connectivity index (χ2n) is 7.76. The zero-order chi connectivity index (χ0) is 20.4. The Bertz CT molecular complexity index is 936. The predicted octanol–water partition coefficient (Wildman–Crippen LogP) is 2.92. The molecule has 2 aromatic rings. The summed E-state index contributed by atoms with van der Waals surface area (Å²) in [6.45, 7) is 7.24. The topological polar surface area (TPSA) is 101 Å². The molecule has 29 heavy (non-hydrogen) atoms. The molecule has 0 bridgehead atoms. The molecule has 1 spiro atoms. The van der Waals surface area contributed by atoms with Crippen LogP contribution in [0.2, 0.25) is 0 Å². The summed E-state index contributed by atoms with van der Waals surface area (Å²) >= 11 is 0. The van der Waals surface area contributed by atoms with Gasteiger partial charge in [-0.2, -0.15) is 0 Å². The van der Waals surface area contributed by atoms with E-state index in [0.29, 0.717) is 42.8 Å². The van der Waals surface area contributed by atoms with Crippen molar-refractivity contribution in [1.29, 1.82) is 0 Å². The van der Waals surface area contributed by atoms with Crippen molar-refractivity contribution in [3.63, 3.8) is 0 Å². The number of nitrogens with one attached hydrogen (secondary N) is 1. The van der Waals surface area contributed by atoms with Crippen LogP contribution in [0, 0.1) is 18.3 Å². The summed E-state index contributed by atoms with van der Waals surface area (Å²) in [5.41, 5.74) is 1.40. The van der Waals surface area contributed by atoms with E-state index in [1.165, 1.54) is 12.7 Å². The number of amides is 2. The Balaban J connectivity index is 1.26. The standard InChI is InChI=1S/C21H24N4O4/c1-14-15(3-6-22-2)9-18(29-14)19(26)23-11-16-10-21(16)4-7-25(8-5-21)20(27)17-12-28-13-24-17/h3,6,9,12-13,16H,2,4-5,7-8,10-11H2,1H3,(H,23,26)/b6-3-. The molecule has 152 valence electrons. The quantitative estimate of drug-likeness (QED) is 0.757. The molecule has 1 unspecified atom stereocenters. The fourth-order valence-corrected chi connectivity index (χ4v) is 4.18. The Morgan fingerprint density at radius 2 is 2.24 bits per heavy atom. The number of aryl methyl sites for hydroxylation is 1. The first-order valence-corrected chi connectivity index (χ1v) is 9.71. The number of rotatable bonds is 6. The van der Waals surface area contributed by atoms with E-state index in [2.05, 4.69) is 22.0 Å². The van der Waals surface area contributed by atoms with Crippen molar-refractivity contribution < 1.29 is 18.4 Å². The lowest BCUT2D eigenvalue weighted by molar-refractivity contribution is 0.0662. The minimum absolute atomic E-state index is 0.0798. The lowest BCUT2D eigenvalue weighted by Crippen LogP contribution is -2.40. The minimum atomic E-state index is -0.208. The molecule has 4 rings (SSSR count). The summed E-state index contributed by atoms with van der Waals surface area (Å²) in [6.07, 6.45) is 8.94. The van der Waals surface area contributed by atoms with Crippen LogP contribution in [0.25, 0.3) is 6.08 Å². The number of carbonyl (C=O) groups excluding carboxylic acids is 2. The van der Waals surface area contributed by atoms with Crippen LogP contribution in [-0.4, -0.2) is 48.1 Å². The van der Waals surface area contributed by atoms with Gasteiger partial charge in [0, 0.05) is 31.4 Å². The molecule has 8 heteroatoms. The number of hydrogen-bond donors (Lipinski definition) is 1. The Kier molecular flexibility index (Phi) is 5.08. The first-order valence-electron chi connectivity index (χ1n) is 9.71. The van der Waals surface area contributed by atoms with Gasteiger partial charge < -0.3 is 19.1 Å². The van der Waals surface area contributed by atoms with Gasteiger partial charge in [-0.25, -0.2) is 4.98 Å². The molecule has 2 aliphatic rings. The summed E-state index contributed by atoms with van der Waals surface area (Å²) in [6, 6.07) is 1.71. The minimum Gasteiger partial charge on any atom is -0.456 e. The summed E-state index contributed by atoms with van der Waals surface area (Å²) in [4.78, 5) is 34.2. The molecule has 8 nitrogen and oxygen atoms in total. The van der Waals surface area contributed by atoms with Gasteiger partial charge in [0.1, 0.15) is 12.0 Å².